The van der Waals surface area contributed by atoms with Crippen LogP contribution in [0.15, 0.2) is 36.4 Å². The first kappa shape index (κ1) is 13.3. The van der Waals surface area contributed by atoms with Gasteiger partial charge in [-0.2, -0.15) is 0 Å². The van der Waals surface area contributed by atoms with Crippen molar-refractivity contribution in [3.63, 3.8) is 0 Å². The molecular weight excluding hydrogens is 292 g/mol. The van der Waals surface area contributed by atoms with E-state index in [1.807, 2.05) is 0 Å². The largest absolute Gasteiger partial charge is 2.00 e. The maximum absolute atomic E-state index is 12.3. The van der Waals surface area contributed by atoms with Crippen molar-refractivity contribution in [2.45, 2.75) is 0 Å². The van der Waals surface area contributed by atoms with Gasteiger partial charge in [-0.1, -0.05) is 24.3 Å². The predicted octanol–water partition coefficient (Wildman–Crippen LogP) is 1.62. The van der Waals surface area contributed by atoms with Crippen LogP contribution in [0.3, 0.4) is 0 Å². The molecule has 2 aromatic rings. The molecule has 0 saturated heterocycles. The Morgan fingerprint density at radius 1 is 0.684 bits per heavy atom. The number of hydrogen-bond donors (Lipinski definition) is 2. The summed E-state index contributed by atoms with van der Waals surface area (Å²) < 4.78 is 0. The SMILES string of the molecule is Nc1ccc(N)c2c1C(=O)c1ccccc1C2=O.[Cu+2]. The fourth-order valence-corrected chi connectivity index (χ4v) is 2.27. The molecule has 0 unspecified atom stereocenters. The second-order valence-corrected chi connectivity index (χ2v) is 4.20. The smallest absolute Gasteiger partial charge is 0.398 e. The van der Waals surface area contributed by atoms with Gasteiger partial charge in [0, 0.05) is 22.5 Å². The number of rotatable bonds is 0. The molecule has 19 heavy (non-hydrogen) atoms. The van der Waals surface area contributed by atoms with Gasteiger partial charge in [-0.05, 0) is 12.1 Å². The van der Waals surface area contributed by atoms with Crippen LogP contribution in [0.25, 0.3) is 0 Å². The average Bonchev–Trinajstić information content (AvgIpc) is 2.38. The molecular formula is C14H10CuN2O2+2. The third kappa shape index (κ3) is 1.75. The molecule has 3 rings (SSSR count). The average molecular weight is 302 g/mol. The summed E-state index contributed by atoms with van der Waals surface area (Å²) >= 11 is 0. The number of carbonyl (C=O) groups excluding carboxylic acids is 2. The normalized spacial score (nSPS) is 12.4. The van der Waals surface area contributed by atoms with Gasteiger partial charge in [0.05, 0.1) is 11.1 Å². The van der Waals surface area contributed by atoms with E-state index >= 15 is 0 Å². The molecule has 0 bridgehead atoms. The van der Waals surface area contributed by atoms with Crippen LogP contribution in [0.4, 0.5) is 11.4 Å². The first-order valence-electron chi connectivity index (χ1n) is 5.47. The number of nitrogen functional groups attached to an aromatic ring is 2. The number of fused-ring (bicyclic) bond motifs is 2. The molecule has 1 aliphatic rings. The van der Waals surface area contributed by atoms with E-state index in [9.17, 15) is 9.59 Å². The van der Waals surface area contributed by atoms with Crippen LogP contribution in [0.1, 0.15) is 31.8 Å². The topological polar surface area (TPSA) is 86.2 Å². The van der Waals surface area contributed by atoms with Crippen molar-refractivity contribution in [3.05, 3.63) is 58.7 Å². The van der Waals surface area contributed by atoms with Gasteiger partial charge < -0.3 is 11.5 Å². The Labute approximate surface area is 120 Å². The second-order valence-electron chi connectivity index (χ2n) is 4.20. The Bertz CT molecular complexity index is 651. The molecule has 0 aliphatic heterocycles. The van der Waals surface area contributed by atoms with Gasteiger partial charge in [0.1, 0.15) is 0 Å². The maximum atomic E-state index is 12.3. The standard InChI is InChI=1S/C14H10N2O2.Cu/c15-9-5-6-10(16)12-11(9)13(17)7-3-1-2-4-8(7)14(12)18;/h1-6H,15-16H2;/q;+2. The Morgan fingerprint density at radius 3 is 1.42 bits per heavy atom. The Balaban J connectivity index is 0.00000133. The first-order chi connectivity index (χ1) is 8.61. The van der Waals surface area contributed by atoms with Crippen LogP contribution in [0, 0.1) is 0 Å². The van der Waals surface area contributed by atoms with E-state index in [0.717, 1.165) is 0 Å². The summed E-state index contributed by atoms with van der Waals surface area (Å²) in [5, 5.41) is 0. The zero-order chi connectivity index (χ0) is 12.9. The van der Waals surface area contributed by atoms with E-state index in [2.05, 4.69) is 0 Å². The van der Waals surface area contributed by atoms with Crippen LogP contribution in [0.5, 0.6) is 0 Å². The van der Waals surface area contributed by atoms with E-state index in [1.54, 1.807) is 36.4 Å². The fraction of sp³-hybridized carbons (Fsp3) is 0. The van der Waals surface area contributed by atoms with Crippen LogP contribution in [-0.4, -0.2) is 11.6 Å². The minimum atomic E-state index is -0.245. The first-order valence-corrected chi connectivity index (χ1v) is 5.47. The van der Waals surface area contributed by atoms with E-state index < -0.39 is 0 Å². The zero-order valence-corrected chi connectivity index (χ0v) is 10.7. The number of hydrogen-bond acceptors (Lipinski definition) is 4. The molecule has 0 heterocycles. The molecule has 1 radical (unpaired) electrons. The maximum Gasteiger partial charge on any atom is 2.00 e. The van der Waals surface area contributed by atoms with Crippen molar-refractivity contribution in [1.82, 2.24) is 0 Å². The molecule has 5 heteroatoms. The quantitative estimate of drug-likeness (QED) is 0.488. The number of ketones is 2. The van der Waals surface area contributed by atoms with E-state index in [-0.39, 0.29) is 51.1 Å². The van der Waals surface area contributed by atoms with Gasteiger partial charge in [0.15, 0.2) is 11.6 Å². The van der Waals surface area contributed by atoms with Crippen molar-refractivity contribution in [2.75, 3.05) is 11.5 Å². The van der Waals surface area contributed by atoms with Gasteiger partial charge in [-0.3, -0.25) is 9.59 Å². The minimum Gasteiger partial charge on any atom is -0.398 e. The van der Waals surface area contributed by atoms with Crippen molar-refractivity contribution in [3.8, 4) is 0 Å². The molecule has 1 aliphatic carbocycles. The molecule has 4 nitrogen and oxygen atoms in total. The molecule has 0 aromatic heterocycles. The monoisotopic (exact) mass is 301 g/mol. The van der Waals surface area contributed by atoms with Crippen LogP contribution < -0.4 is 11.5 Å². The molecule has 97 valence electrons. The zero-order valence-electron chi connectivity index (χ0n) is 9.74. The van der Waals surface area contributed by atoms with Gasteiger partial charge in [-0.25, -0.2) is 0 Å². The Morgan fingerprint density at radius 2 is 1.05 bits per heavy atom. The number of nitrogens with two attached hydrogens (primary N) is 2. The summed E-state index contributed by atoms with van der Waals surface area (Å²) in [5.41, 5.74) is 13.4. The summed E-state index contributed by atoms with van der Waals surface area (Å²) in [7, 11) is 0. The summed E-state index contributed by atoms with van der Waals surface area (Å²) in [6.07, 6.45) is 0. The van der Waals surface area contributed by atoms with E-state index in [0.29, 0.717) is 11.1 Å². The third-order valence-electron chi connectivity index (χ3n) is 3.14. The summed E-state index contributed by atoms with van der Waals surface area (Å²) in [4.78, 5) is 24.7. The third-order valence-corrected chi connectivity index (χ3v) is 3.14. The number of anilines is 2. The van der Waals surface area contributed by atoms with Gasteiger partial charge in [0.2, 0.25) is 0 Å². The fourth-order valence-electron chi connectivity index (χ4n) is 2.27. The van der Waals surface area contributed by atoms with Crippen molar-refractivity contribution < 1.29 is 26.7 Å². The predicted molar refractivity (Wildman–Crippen MR) is 68.6 cm³/mol. The van der Waals surface area contributed by atoms with Crippen molar-refractivity contribution >= 4 is 22.9 Å². The number of benzene rings is 2. The van der Waals surface area contributed by atoms with Crippen LogP contribution in [-0.2, 0) is 17.1 Å². The molecule has 0 spiro atoms. The molecule has 0 fully saturated rings. The van der Waals surface area contributed by atoms with E-state index in [1.165, 1.54) is 0 Å². The van der Waals surface area contributed by atoms with Gasteiger partial charge in [-0.15, -0.1) is 0 Å². The van der Waals surface area contributed by atoms with Gasteiger partial charge >= 0.3 is 17.1 Å². The minimum absolute atomic E-state index is 0. The Hall–Kier alpha value is -2.10. The molecule has 0 amide bonds. The molecule has 4 N–H and O–H groups in total. The van der Waals surface area contributed by atoms with Crippen molar-refractivity contribution in [1.29, 1.82) is 0 Å². The van der Waals surface area contributed by atoms with Gasteiger partial charge in [0.25, 0.3) is 0 Å². The Kier molecular flexibility index (Phi) is 3.18. The summed E-state index contributed by atoms with van der Waals surface area (Å²) in [5.74, 6) is -0.491. The summed E-state index contributed by atoms with van der Waals surface area (Å²) in [6.45, 7) is 0. The number of carbonyl (C=O) groups is 2. The van der Waals surface area contributed by atoms with Crippen LogP contribution >= 0.6 is 0 Å². The second kappa shape index (κ2) is 4.53. The molecule has 0 atom stereocenters. The molecule has 0 saturated carbocycles. The van der Waals surface area contributed by atoms with E-state index in [4.69, 9.17) is 11.5 Å². The summed E-state index contributed by atoms with van der Waals surface area (Å²) in [6, 6.07) is 9.79. The molecule has 2 aromatic carbocycles. The van der Waals surface area contributed by atoms with Crippen LogP contribution in [0.2, 0.25) is 0 Å². The van der Waals surface area contributed by atoms with Crippen molar-refractivity contribution in [2.24, 2.45) is 0 Å².